The number of anilines is 1. The third-order valence-corrected chi connectivity index (χ3v) is 7.64. The Morgan fingerprint density at radius 1 is 1.16 bits per heavy atom. The van der Waals surface area contributed by atoms with Crippen LogP contribution in [0.4, 0.5) is 14.6 Å². The SMILES string of the molecule is O=C(Nc1cc(C2=CCN(S(=O)(=O)c3ccc(F)c(F)c3)CC2)c2cc[nH]c2n1)C1CC1. The summed E-state index contributed by atoms with van der Waals surface area (Å²) in [7, 11) is -3.96. The van der Waals surface area contributed by atoms with Gasteiger partial charge in [-0.05, 0) is 60.7 Å². The van der Waals surface area contributed by atoms with E-state index in [4.69, 9.17) is 0 Å². The number of rotatable bonds is 5. The molecule has 2 aromatic heterocycles. The molecule has 1 aromatic carbocycles. The Morgan fingerprint density at radius 2 is 1.97 bits per heavy atom. The monoisotopic (exact) mass is 458 g/mol. The second-order valence-electron chi connectivity index (χ2n) is 7.98. The van der Waals surface area contributed by atoms with E-state index < -0.39 is 21.7 Å². The van der Waals surface area contributed by atoms with Crippen LogP contribution in [0.1, 0.15) is 24.8 Å². The Labute approximate surface area is 183 Å². The Kier molecular flexibility index (Phi) is 5.06. The average Bonchev–Trinajstić information content (AvgIpc) is 3.53. The van der Waals surface area contributed by atoms with Crippen molar-refractivity contribution in [3.05, 3.63) is 59.8 Å². The number of nitrogens with zero attached hydrogens (tertiary/aromatic N) is 2. The molecule has 1 aliphatic heterocycles. The number of pyridine rings is 1. The number of amides is 1. The maximum atomic E-state index is 13.6. The van der Waals surface area contributed by atoms with E-state index in [1.54, 1.807) is 12.3 Å². The molecule has 1 amide bonds. The number of hydrogen-bond acceptors (Lipinski definition) is 4. The molecule has 1 aliphatic carbocycles. The van der Waals surface area contributed by atoms with Crippen LogP contribution in [0.15, 0.2) is 47.5 Å². The second-order valence-corrected chi connectivity index (χ2v) is 9.91. The molecule has 0 radical (unpaired) electrons. The number of sulfonamides is 1. The minimum Gasteiger partial charge on any atom is -0.346 e. The molecule has 32 heavy (non-hydrogen) atoms. The molecule has 7 nitrogen and oxygen atoms in total. The molecule has 5 rings (SSSR count). The molecule has 0 saturated heterocycles. The van der Waals surface area contributed by atoms with Crippen molar-refractivity contribution in [3.8, 4) is 0 Å². The zero-order valence-electron chi connectivity index (χ0n) is 16.9. The number of carbonyl (C=O) groups is 1. The predicted molar refractivity (Wildman–Crippen MR) is 115 cm³/mol. The van der Waals surface area contributed by atoms with E-state index in [9.17, 15) is 22.0 Å². The van der Waals surface area contributed by atoms with Crippen LogP contribution in [0.3, 0.4) is 0 Å². The highest BCUT2D eigenvalue weighted by atomic mass is 32.2. The number of aromatic amines is 1. The Bertz CT molecular complexity index is 1360. The van der Waals surface area contributed by atoms with E-state index in [1.807, 2.05) is 12.1 Å². The van der Waals surface area contributed by atoms with E-state index in [2.05, 4.69) is 15.3 Å². The van der Waals surface area contributed by atoms with Gasteiger partial charge in [0.1, 0.15) is 11.5 Å². The lowest BCUT2D eigenvalue weighted by atomic mass is 9.98. The molecular formula is C22H20F2N4O3S. The van der Waals surface area contributed by atoms with Crippen LogP contribution in [0.5, 0.6) is 0 Å². The number of carbonyl (C=O) groups excluding carboxylic acids is 1. The molecule has 0 unspecified atom stereocenters. The summed E-state index contributed by atoms with van der Waals surface area (Å²) in [6.07, 6.45) is 5.75. The number of halogens is 2. The number of H-pyrrole nitrogens is 1. The first-order chi connectivity index (χ1) is 15.3. The van der Waals surface area contributed by atoms with E-state index in [1.165, 1.54) is 4.31 Å². The highest BCUT2D eigenvalue weighted by molar-refractivity contribution is 7.89. The van der Waals surface area contributed by atoms with Crippen LogP contribution < -0.4 is 5.32 Å². The molecular weight excluding hydrogens is 438 g/mol. The summed E-state index contributed by atoms with van der Waals surface area (Å²) in [6.45, 7) is 0.278. The van der Waals surface area contributed by atoms with Gasteiger partial charge in [-0.25, -0.2) is 22.2 Å². The topological polar surface area (TPSA) is 95.2 Å². The van der Waals surface area contributed by atoms with E-state index >= 15 is 0 Å². The predicted octanol–water partition coefficient (Wildman–Crippen LogP) is 3.67. The molecule has 166 valence electrons. The Balaban J connectivity index is 1.42. The quantitative estimate of drug-likeness (QED) is 0.610. The number of benzene rings is 1. The molecule has 1 saturated carbocycles. The molecule has 2 aliphatic rings. The van der Waals surface area contributed by atoms with Gasteiger partial charge in [0.15, 0.2) is 11.6 Å². The molecule has 3 heterocycles. The van der Waals surface area contributed by atoms with E-state index in [0.29, 0.717) is 24.0 Å². The van der Waals surface area contributed by atoms with Gasteiger partial charge in [-0.15, -0.1) is 0 Å². The smallest absolute Gasteiger partial charge is 0.243 e. The van der Waals surface area contributed by atoms with Gasteiger partial charge in [0.25, 0.3) is 0 Å². The minimum atomic E-state index is -3.96. The van der Waals surface area contributed by atoms with Gasteiger partial charge in [-0.3, -0.25) is 4.79 Å². The van der Waals surface area contributed by atoms with Gasteiger partial charge in [0, 0.05) is 30.6 Å². The summed E-state index contributed by atoms with van der Waals surface area (Å²) in [5, 5.41) is 3.73. The number of fused-ring (bicyclic) bond motifs is 1. The lowest BCUT2D eigenvalue weighted by Crippen LogP contribution is -2.34. The normalized spacial score (nSPS) is 17.4. The zero-order valence-corrected chi connectivity index (χ0v) is 17.8. The zero-order chi connectivity index (χ0) is 22.5. The molecule has 3 aromatic rings. The van der Waals surface area contributed by atoms with Gasteiger partial charge >= 0.3 is 0 Å². The summed E-state index contributed by atoms with van der Waals surface area (Å²) >= 11 is 0. The van der Waals surface area contributed by atoms with Crippen LogP contribution in [-0.4, -0.2) is 41.7 Å². The summed E-state index contributed by atoms with van der Waals surface area (Å²) in [5.41, 5.74) is 2.43. The largest absolute Gasteiger partial charge is 0.346 e. The molecule has 2 N–H and O–H groups in total. The Morgan fingerprint density at radius 3 is 2.66 bits per heavy atom. The molecule has 0 bridgehead atoms. The number of nitrogens with one attached hydrogen (secondary N) is 2. The average molecular weight is 458 g/mol. The first-order valence-corrected chi connectivity index (χ1v) is 11.7. The van der Waals surface area contributed by atoms with Gasteiger partial charge < -0.3 is 10.3 Å². The van der Waals surface area contributed by atoms with Crippen LogP contribution >= 0.6 is 0 Å². The van der Waals surface area contributed by atoms with Crippen LogP contribution in [0.2, 0.25) is 0 Å². The summed E-state index contributed by atoms with van der Waals surface area (Å²) in [5.74, 6) is -1.85. The van der Waals surface area contributed by atoms with Crippen molar-refractivity contribution in [2.45, 2.75) is 24.2 Å². The van der Waals surface area contributed by atoms with E-state index in [-0.39, 0.29) is 29.8 Å². The molecule has 10 heteroatoms. The molecule has 1 fully saturated rings. The number of aromatic nitrogens is 2. The summed E-state index contributed by atoms with van der Waals surface area (Å²) in [6, 6.07) is 6.26. The lowest BCUT2D eigenvalue weighted by molar-refractivity contribution is -0.117. The fourth-order valence-corrected chi connectivity index (χ4v) is 5.23. The Hall–Kier alpha value is -3.11. The maximum absolute atomic E-state index is 13.6. The molecule has 0 atom stereocenters. The van der Waals surface area contributed by atoms with Crippen molar-refractivity contribution in [2.75, 3.05) is 18.4 Å². The molecule has 0 spiro atoms. The summed E-state index contributed by atoms with van der Waals surface area (Å²) < 4.78 is 53.7. The van der Waals surface area contributed by atoms with Crippen LogP contribution in [0, 0.1) is 17.6 Å². The van der Waals surface area contributed by atoms with Crippen molar-refractivity contribution in [2.24, 2.45) is 5.92 Å². The third-order valence-electron chi connectivity index (χ3n) is 5.77. The highest BCUT2D eigenvalue weighted by Crippen LogP contribution is 2.33. The van der Waals surface area contributed by atoms with Gasteiger partial charge in [-0.1, -0.05) is 6.08 Å². The fourth-order valence-electron chi connectivity index (χ4n) is 3.84. The lowest BCUT2D eigenvalue weighted by Gasteiger charge is -2.26. The van der Waals surface area contributed by atoms with Gasteiger partial charge in [-0.2, -0.15) is 4.31 Å². The van der Waals surface area contributed by atoms with Crippen LogP contribution in [-0.2, 0) is 14.8 Å². The first kappa shape index (κ1) is 20.8. The van der Waals surface area contributed by atoms with E-state index in [0.717, 1.165) is 41.5 Å². The van der Waals surface area contributed by atoms with Crippen molar-refractivity contribution in [1.82, 2.24) is 14.3 Å². The van der Waals surface area contributed by atoms with Crippen LogP contribution in [0.25, 0.3) is 16.6 Å². The minimum absolute atomic E-state index is 0.0450. The van der Waals surface area contributed by atoms with Crippen molar-refractivity contribution in [3.63, 3.8) is 0 Å². The van der Waals surface area contributed by atoms with Crippen molar-refractivity contribution < 1.29 is 22.0 Å². The summed E-state index contributed by atoms with van der Waals surface area (Å²) in [4.78, 5) is 19.4. The standard InChI is InChI=1S/C22H20F2N4O3S/c23-18-4-3-15(11-19(18)24)32(30,31)28-9-6-13(7-10-28)17-12-20(27-22(29)14-1-2-14)26-21-16(17)5-8-25-21/h3-6,8,11-12,14H,1-2,7,9-10H2,(H2,25,26,27,29). The van der Waals surface area contributed by atoms with Crippen molar-refractivity contribution in [1.29, 1.82) is 0 Å². The third kappa shape index (κ3) is 3.80. The van der Waals surface area contributed by atoms with Gasteiger partial charge in [0.05, 0.1) is 4.90 Å². The fraction of sp³-hybridized carbons (Fsp3) is 0.273. The first-order valence-electron chi connectivity index (χ1n) is 10.3. The highest BCUT2D eigenvalue weighted by Gasteiger charge is 2.31. The second kappa shape index (κ2) is 7.79. The number of hydrogen-bond donors (Lipinski definition) is 2. The van der Waals surface area contributed by atoms with Gasteiger partial charge in [0.2, 0.25) is 15.9 Å². The van der Waals surface area contributed by atoms with Crippen molar-refractivity contribution >= 4 is 38.4 Å². The maximum Gasteiger partial charge on any atom is 0.243 e.